The van der Waals surface area contributed by atoms with Crippen LogP contribution in [0.5, 0.6) is 0 Å². The van der Waals surface area contributed by atoms with Crippen molar-refractivity contribution in [2.75, 3.05) is 13.1 Å². The third kappa shape index (κ3) is 2.48. The van der Waals surface area contributed by atoms with Crippen molar-refractivity contribution in [1.82, 2.24) is 4.90 Å². The summed E-state index contributed by atoms with van der Waals surface area (Å²) < 4.78 is 0. The summed E-state index contributed by atoms with van der Waals surface area (Å²) in [5.74, 6) is -0.616. The minimum Gasteiger partial charge on any atom is -0.336 e. The van der Waals surface area contributed by atoms with Crippen LogP contribution in [0, 0.1) is 0 Å². The fourth-order valence-corrected chi connectivity index (χ4v) is 1.95. The number of Topliss-reactive ketones (excluding diaryl/α,β-unsaturated/α-hetero) is 1. The molecule has 16 heavy (non-hydrogen) atoms. The molecular weight excluding hydrogens is 202 g/mol. The van der Waals surface area contributed by atoms with Gasteiger partial charge in [-0.3, -0.25) is 9.59 Å². The molecule has 3 heteroatoms. The van der Waals surface area contributed by atoms with Crippen molar-refractivity contribution in [1.29, 1.82) is 0 Å². The Morgan fingerprint density at radius 1 is 1.06 bits per heavy atom. The summed E-state index contributed by atoms with van der Waals surface area (Å²) in [4.78, 5) is 25.1. The molecule has 0 bridgehead atoms. The average molecular weight is 217 g/mol. The van der Waals surface area contributed by atoms with E-state index < -0.39 is 0 Å². The highest BCUT2D eigenvalue weighted by Crippen LogP contribution is 2.09. The predicted octanol–water partition coefficient (Wildman–Crippen LogP) is 1.42. The molecule has 1 heterocycles. The van der Waals surface area contributed by atoms with E-state index in [9.17, 15) is 9.59 Å². The van der Waals surface area contributed by atoms with Crippen LogP contribution >= 0.6 is 0 Å². The standard InChI is InChI=1S/C13H15NO2/c15-12(10-11-6-2-1-3-7-11)13(16)14-8-4-5-9-14/h1-3,6-7H,4-5,8-10H2. The van der Waals surface area contributed by atoms with Crippen LogP contribution in [-0.2, 0) is 16.0 Å². The topological polar surface area (TPSA) is 37.4 Å². The molecule has 0 radical (unpaired) electrons. The zero-order valence-corrected chi connectivity index (χ0v) is 9.19. The summed E-state index contributed by atoms with van der Waals surface area (Å²) >= 11 is 0. The van der Waals surface area contributed by atoms with E-state index in [-0.39, 0.29) is 18.1 Å². The van der Waals surface area contributed by atoms with E-state index in [2.05, 4.69) is 0 Å². The summed E-state index contributed by atoms with van der Waals surface area (Å²) in [5, 5.41) is 0. The van der Waals surface area contributed by atoms with Crippen molar-refractivity contribution in [3.8, 4) is 0 Å². The highest BCUT2D eigenvalue weighted by Gasteiger charge is 2.23. The Morgan fingerprint density at radius 2 is 1.69 bits per heavy atom. The number of ketones is 1. The molecule has 1 aliphatic heterocycles. The molecule has 1 fully saturated rings. The minimum absolute atomic E-state index is 0.218. The third-order valence-electron chi connectivity index (χ3n) is 2.84. The quantitative estimate of drug-likeness (QED) is 0.718. The monoisotopic (exact) mass is 217 g/mol. The Labute approximate surface area is 95.1 Å². The van der Waals surface area contributed by atoms with Crippen molar-refractivity contribution >= 4 is 11.7 Å². The van der Waals surface area contributed by atoms with Crippen LogP contribution in [0.2, 0.25) is 0 Å². The van der Waals surface area contributed by atoms with E-state index >= 15 is 0 Å². The van der Waals surface area contributed by atoms with Gasteiger partial charge in [0, 0.05) is 19.5 Å². The summed E-state index contributed by atoms with van der Waals surface area (Å²) in [7, 11) is 0. The Morgan fingerprint density at radius 3 is 2.31 bits per heavy atom. The van der Waals surface area contributed by atoms with E-state index in [0.29, 0.717) is 0 Å². The van der Waals surface area contributed by atoms with E-state index in [4.69, 9.17) is 0 Å². The van der Waals surface area contributed by atoms with E-state index in [0.717, 1.165) is 31.5 Å². The SMILES string of the molecule is O=C(Cc1ccccc1)C(=O)N1CCCC1. The van der Waals surface area contributed by atoms with Gasteiger partial charge in [0.05, 0.1) is 0 Å². The number of nitrogens with zero attached hydrogens (tertiary/aromatic N) is 1. The summed E-state index contributed by atoms with van der Waals surface area (Å²) in [6.45, 7) is 1.47. The fraction of sp³-hybridized carbons (Fsp3) is 0.385. The average Bonchev–Trinajstić information content (AvgIpc) is 2.83. The van der Waals surface area contributed by atoms with Gasteiger partial charge in [0.1, 0.15) is 0 Å². The maximum atomic E-state index is 11.7. The van der Waals surface area contributed by atoms with Crippen LogP contribution in [0.1, 0.15) is 18.4 Å². The van der Waals surface area contributed by atoms with Crippen LogP contribution in [0.25, 0.3) is 0 Å². The molecule has 1 aliphatic rings. The lowest BCUT2D eigenvalue weighted by Crippen LogP contribution is -2.34. The lowest BCUT2D eigenvalue weighted by molar-refractivity contribution is -0.143. The Hall–Kier alpha value is -1.64. The largest absolute Gasteiger partial charge is 0.336 e. The number of likely N-dealkylation sites (tertiary alicyclic amines) is 1. The van der Waals surface area contributed by atoms with Gasteiger partial charge in [-0.25, -0.2) is 0 Å². The van der Waals surface area contributed by atoms with Gasteiger partial charge in [-0.15, -0.1) is 0 Å². The van der Waals surface area contributed by atoms with Gasteiger partial charge in [-0.05, 0) is 18.4 Å². The van der Waals surface area contributed by atoms with Gasteiger partial charge in [-0.1, -0.05) is 30.3 Å². The summed E-state index contributed by atoms with van der Waals surface area (Å²) in [5.41, 5.74) is 0.903. The molecule has 1 saturated heterocycles. The summed E-state index contributed by atoms with van der Waals surface area (Å²) in [6, 6.07) is 9.40. The molecule has 3 nitrogen and oxygen atoms in total. The van der Waals surface area contributed by atoms with Crippen molar-refractivity contribution in [3.05, 3.63) is 35.9 Å². The van der Waals surface area contributed by atoms with Crippen LogP contribution in [0.15, 0.2) is 30.3 Å². The molecule has 2 rings (SSSR count). The smallest absolute Gasteiger partial charge is 0.290 e. The predicted molar refractivity (Wildman–Crippen MR) is 61.0 cm³/mol. The van der Waals surface area contributed by atoms with Gasteiger partial charge in [-0.2, -0.15) is 0 Å². The van der Waals surface area contributed by atoms with E-state index in [1.54, 1.807) is 4.90 Å². The van der Waals surface area contributed by atoms with E-state index in [1.165, 1.54) is 0 Å². The molecule has 1 amide bonds. The second-order valence-electron chi connectivity index (χ2n) is 4.08. The second-order valence-corrected chi connectivity index (χ2v) is 4.08. The highest BCUT2D eigenvalue weighted by atomic mass is 16.2. The van der Waals surface area contributed by atoms with Gasteiger partial charge < -0.3 is 4.90 Å². The van der Waals surface area contributed by atoms with Crippen LogP contribution in [0.4, 0.5) is 0 Å². The number of hydrogen-bond donors (Lipinski definition) is 0. The summed E-state index contributed by atoms with van der Waals surface area (Å²) in [6.07, 6.45) is 2.25. The maximum Gasteiger partial charge on any atom is 0.290 e. The number of carbonyl (C=O) groups is 2. The number of carbonyl (C=O) groups excluding carboxylic acids is 2. The molecule has 1 aromatic rings. The zero-order valence-electron chi connectivity index (χ0n) is 9.19. The van der Waals surface area contributed by atoms with Gasteiger partial charge >= 0.3 is 0 Å². The Bertz CT molecular complexity index is 380. The number of rotatable bonds is 3. The van der Waals surface area contributed by atoms with Crippen molar-refractivity contribution in [3.63, 3.8) is 0 Å². The first-order chi connectivity index (χ1) is 7.77. The molecule has 0 N–H and O–H groups in total. The first-order valence-electron chi connectivity index (χ1n) is 5.63. The highest BCUT2D eigenvalue weighted by molar-refractivity contribution is 6.36. The first kappa shape index (κ1) is 10.9. The van der Waals surface area contributed by atoms with Crippen LogP contribution in [-0.4, -0.2) is 29.7 Å². The van der Waals surface area contributed by atoms with Crippen LogP contribution in [0.3, 0.4) is 0 Å². The zero-order chi connectivity index (χ0) is 11.4. The molecular formula is C13H15NO2. The van der Waals surface area contributed by atoms with Crippen LogP contribution < -0.4 is 0 Å². The second kappa shape index (κ2) is 4.92. The van der Waals surface area contributed by atoms with E-state index in [1.807, 2.05) is 30.3 Å². The molecule has 0 spiro atoms. The van der Waals surface area contributed by atoms with Crippen molar-refractivity contribution in [2.24, 2.45) is 0 Å². The van der Waals surface area contributed by atoms with Crippen molar-refractivity contribution in [2.45, 2.75) is 19.3 Å². The first-order valence-corrected chi connectivity index (χ1v) is 5.63. The molecule has 1 aromatic carbocycles. The Balaban J connectivity index is 1.95. The molecule has 0 aliphatic carbocycles. The van der Waals surface area contributed by atoms with Gasteiger partial charge in [0.2, 0.25) is 5.78 Å². The number of hydrogen-bond acceptors (Lipinski definition) is 2. The third-order valence-corrected chi connectivity index (χ3v) is 2.84. The lowest BCUT2D eigenvalue weighted by atomic mass is 10.1. The minimum atomic E-state index is -0.318. The lowest BCUT2D eigenvalue weighted by Gasteiger charge is -2.13. The number of benzene rings is 1. The molecule has 0 aromatic heterocycles. The Kier molecular flexibility index (Phi) is 3.34. The fourth-order valence-electron chi connectivity index (χ4n) is 1.95. The molecule has 84 valence electrons. The van der Waals surface area contributed by atoms with Gasteiger partial charge in [0.25, 0.3) is 5.91 Å². The van der Waals surface area contributed by atoms with Gasteiger partial charge in [0.15, 0.2) is 0 Å². The number of amides is 1. The normalized spacial score (nSPS) is 15.1. The van der Waals surface area contributed by atoms with Crippen molar-refractivity contribution < 1.29 is 9.59 Å². The molecule has 0 atom stereocenters. The molecule has 0 unspecified atom stereocenters. The maximum absolute atomic E-state index is 11.7. The molecule has 0 saturated carbocycles.